The Balaban J connectivity index is -0.000000679. The quantitative estimate of drug-likeness (QED) is 0.0925. The molecular weight excluding hydrogens is 1710 g/mol. The molecule has 0 aromatic heterocycles. The Morgan fingerprint density at radius 3 is 1.00 bits per heavy atom. The van der Waals surface area contributed by atoms with Gasteiger partial charge in [0.2, 0.25) is 0 Å². The first-order valence-electron chi connectivity index (χ1n) is 43.3. The summed E-state index contributed by atoms with van der Waals surface area (Å²) >= 11 is 0. The summed E-state index contributed by atoms with van der Waals surface area (Å²) in [6, 6.07) is 0. The summed E-state index contributed by atoms with van der Waals surface area (Å²) in [7, 11) is 1.04. The number of hydrogen-bond donors (Lipinski definition) is 0. The van der Waals surface area contributed by atoms with Crippen molar-refractivity contribution in [2.24, 2.45) is 145 Å². The minimum atomic E-state index is -4.91. The summed E-state index contributed by atoms with van der Waals surface area (Å²) in [5.41, 5.74) is -8.61. The van der Waals surface area contributed by atoms with Gasteiger partial charge < -0.3 is 33.2 Å². The van der Waals surface area contributed by atoms with E-state index in [9.17, 15) is 116 Å². The van der Waals surface area contributed by atoms with Gasteiger partial charge in [-0.25, -0.2) is 0 Å². The first-order valence-corrected chi connectivity index (χ1v) is 43.3. The van der Waals surface area contributed by atoms with Crippen molar-refractivity contribution >= 4 is 29.8 Å². The van der Waals surface area contributed by atoms with E-state index < -0.39 is 133 Å². The summed E-state index contributed by atoms with van der Waals surface area (Å²) in [5, 5.41) is 0. The number of halogens is 21. The van der Waals surface area contributed by atoms with Crippen LogP contribution in [0, 0.1) is 145 Å². The molecule has 9 fully saturated rings. The first kappa shape index (κ1) is 128. The van der Waals surface area contributed by atoms with Crippen LogP contribution in [0.2, 0.25) is 0 Å². The molecule has 8 saturated carbocycles. The van der Waals surface area contributed by atoms with Crippen LogP contribution in [-0.4, -0.2) is 123 Å². The average Bonchev–Trinajstić information content (AvgIpc) is 1.57. The van der Waals surface area contributed by atoms with Crippen LogP contribution >= 0.6 is 0 Å². The molecule has 9 aliphatic rings. The minimum Gasteiger partial charge on any atom is -0.468 e. The second-order valence-corrected chi connectivity index (χ2v) is 40.4. The third kappa shape index (κ3) is 33.2. The number of unbranched alkanes of at least 4 members (excludes halogenated alkanes) is 1. The molecule has 8 aliphatic carbocycles. The van der Waals surface area contributed by atoms with Gasteiger partial charge in [-0.3, -0.25) is 24.0 Å². The lowest BCUT2D eigenvalue weighted by Crippen LogP contribution is -2.54. The second-order valence-electron chi connectivity index (χ2n) is 40.4. The molecule has 25 atom stereocenters. The lowest BCUT2D eigenvalue weighted by molar-refractivity contribution is -0.269. The molecule has 1 saturated heterocycles. The maximum Gasteiger partial charge on any atom is 0.425 e. The summed E-state index contributed by atoms with van der Waals surface area (Å²) in [6.45, 7) is 54.9. The standard InChI is InChI=1S/C14H18F6O2.C14H28O2.C13H16F6O2.C12H17F3O2.C10H15F3.C10H20O2.C7H14O2.C5H9F3.C4H10.4CH4/c1-6-7(2)10-4-9(6)5-12(10,14(18,19)20)11(21)22-8(3)13(15,16)17;1-8-14(6,7)12(15)16-10-11(2)9-13(3,4)5;1-6-7(2)9-3-8(6)4-11(9,13(17,18)19)10(20)21-5-12(14,15)16;1-6-7(2)9-4-8(6)5-11(9,10(16)17-3)12(13,14)15;1-5-6(2)8-3-7(5)4-9(8)10(11,12)13;1-7-10(5,6)8(11)12-9(2,3)4;1-5-6(2)9-7(3,4)8-5;1-3-4(2)5(6,7)8;1-3-4-2;;;;/h6-10H,4-5H2,1-3H3;11H,8-10H2,1-7H3;6-9H,3-5H2,1-2H3;6-9H,4-5H2,1-3H3;5-9H,3-4H2,1-2H3;7H2,1-6H3;5-6H,1-4H3;4H,3H2,1-2H3;3-4H2,1-2H3;4*1H4. The van der Waals surface area contributed by atoms with Gasteiger partial charge in [0.25, 0.3) is 0 Å². The van der Waals surface area contributed by atoms with Crippen molar-refractivity contribution in [3.8, 4) is 0 Å². The topological polar surface area (TPSA) is 150 Å². The van der Waals surface area contributed by atoms with Crippen LogP contribution in [0.15, 0.2) is 0 Å². The highest BCUT2D eigenvalue weighted by atomic mass is 19.4. The smallest absolute Gasteiger partial charge is 0.425 e. The van der Waals surface area contributed by atoms with Crippen molar-refractivity contribution in [2.75, 3.05) is 20.3 Å². The molecule has 33 heteroatoms. The molecule has 0 aromatic rings. The van der Waals surface area contributed by atoms with E-state index in [1.807, 2.05) is 125 Å². The van der Waals surface area contributed by atoms with E-state index in [1.54, 1.807) is 13.8 Å². The Labute approximate surface area is 741 Å². The zero-order valence-corrected chi connectivity index (χ0v) is 77.9. The fraction of sp³-hybridized carbons (Fsp3) is 0.946. The molecule has 1 heterocycles. The number of carbonyl (C=O) groups excluding carboxylic acids is 5. The fourth-order valence-electron chi connectivity index (χ4n) is 18.8. The number of fused-ring (bicyclic) bond motifs is 8. The van der Waals surface area contributed by atoms with E-state index in [-0.39, 0.29) is 167 Å². The average molecular weight is 1870 g/mol. The van der Waals surface area contributed by atoms with Crippen molar-refractivity contribution in [2.45, 2.75) is 400 Å². The predicted octanol–water partition coefficient (Wildman–Crippen LogP) is 30.1. The summed E-state index contributed by atoms with van der Waals surface area (Å²) < 4.78 is 301. The second kappa shape index (κ2) is 48.1. The zero-order valence-electron chi connectivity index (χ0n) is 77.9. The van der Waals surface area contributed by atoms with Crippen LogP contribution in [-0.2, 0) is 57.1 Å². The molecule has 126 heavy (non-hydrogen) atoms. The minimum absolute atomic E-state index is 0. The lowest BCUT2D eigenvalue weighted by Gasteiger charge is -2.42. The predicted molar refractivity (Wildman–Crippen MR) is 450 cm³/mol. The molecule has 9 rings (SSSR count). The van der Waals surface area contributed by atoms with E-state index in [2.05, 4.69) is 62.7 Å². The van der Waals surface area contributed by atoms with Gasteiger partial charge in [-0.2, -0.15) is 92.2 Å². The zero-order chi connectivity index (χ0) is 96.4. The van der Waals surface area contributed by atoms with Gasteiger partial charge in [0.15, 0.2) is 34.7 Å². The monoisotopic (exact) mass is 1870 g/mol. The van der Waals surface area contributed by atoms with E-state index in [0.29, 0.717) is 49.5 Å². The number of methoxy groups -OCH3 is 1. The molecule has 0 aromatic carbocycles. The van der Waals surface area contributed by atoms with Crippen molar-refractivity contribution < 1.29 is 149 Å². The molecule has 754 valence electrons. The number of alkyl halides is 21. The maximum absolute atomic E-state index is 13.6. The van der Waals surface area contributed by atoms with Crippen molar-refractivity contribution in [3.63, 3.8) is 0 Å². The van der Waals surface area contributed by atoms with Gasteiger partial charge in [0.05, 0.1) is 48.6 Å². The molecule has 1 aliphatic heterocycles. The maximum atomic E-state index is 13.6. The highest BCUT2D eigenvalue weighted by Crippen LogP contribution is 2.70. The first-order chi connectivity index (χ1) is 54.6. The van der Waals surface area contributed by atoms with Gasteiger partial charge in [0.1, 0.15) is 5.60 Å². The summed E-state index contributed by atoms with van der Waals surface area (Å²) in [5.74, 6) is -9.66. The van der Waals surface area contributed by atoms with Gasteiger partial charge >= 0.3 is 73.1 Å². The van der Waals surface area contributed by atoms with Gasteiger partial charge in [-0.1, -0.05) is 167 Å². The van der Waals surface area contributed by atoms with Crippen LogP contribution < -0.4 is 0 Å². The van der Waals surface area contributed by atoms with Gasteiger partial charge in [-0.05, 0) is 266 Å². The Morgan fingerprint density at radius 1 is 0.429 bits per heavy atom. The molecule has 12 nitrogen and oxygen atoms in total. The number of carbonyl (C=O) groups is 5. The number of esters is 5. The molecule has 8 bridgehead atoms. The van der Waals surface area contributed by atoms with Crippen LogP contribution in [0.3, 0.4) is 0 Å². The van der Waals surface area contributed by atoms with Crippen molar-refractivity contribution in [1.29, 1.82) is 0 Å². The Morgan fingerprint density at radius 2 is 0.770 bits per heavy atom. The molecule has 0 amide bonds. The Bertz CT molecular complexity index is 3220. The largest absolute Gasteiger partial charge is 0.468 e. The molecule has 0 spiro atoms. The normalized spacial score (nSPS) is 32.1. The van der Waals surface area contributed by atoms with Gasteiger partial charge in [-0.15, -0.1) is 0 Å². The Hall–Kier alpha value is -4.20. The third-order valence-electron chi connectivity index (χ3n) is 28.2. The highest BCUT2D eigenvalue weighted by molar-refractivity contribution is 5.81. The van der Waals surface area contributed by atoms with E-state index in [0.717, 1.165) is 32.8 Å². The fourth-order valence-corrected chi connectivity index (χ4v) is 18.8. The van der Waals surface area contributed by atoms with E-state index >= 15 is 0 Å². The summed E-state index contributed by atoms with van der Waals surface area (Å²) in [6.07, 6.45) is -27.5. The SMILES string of the molecule is C.C.C.C.CC1C2CC(C1C)C(C(=O)OC(C)C(F)(F)F)(C(F)(F)F)C2.CC1C2CC(C1C)C(C(=O)OCC(F)(F)F)(C(F)(F)F)C2.CC1C2CC(C1C)C(C(F)(F)F)C2.CC1OC(C)(C)OC1C.CCC(C)(C)C(=O)OC(C)(C)C.CCC(C)(C)C(=O)OCC(C)CC(C)(C)C.CCC(C)C(F)(F)F.CCCC.COC(=O)C1(C(F)(F)F)CC2CC1C(C)C2C. The Kier molecular flexibility index (Phi) is 48.9. The van der Waals surface area contributed by atoms with Crippen molar-refractivity contribution in [3.05, 3.63) is 0 Å². The summed E-state index contributed by atoms with van der Waals surface area (Å²) in [4.78, 5) is 58.8. The van der Waals surface area contributed by atoms with Crippen LogP contribution in [0.5, 0.6) is 0 Å². The lowest BCUT2D eigenvalue weighted by atomic mass is 9.65. The third-order valence-corrected chi connectivity index (χ3v) is 28.2. The van der Waals surface area contributed by atoms with E-state index in [4.69, 9.17) is 18.9 Å². The van der Waals surface area contributed by atoms with E-state index in [1.165, 1.54) is 26.7 Å². The molecular formula is C93H163F21O12. The van der Waals surface area contributed by atoms with Crippen molar-refractivity contribution in [1.82, 2.24) is 0 Å². The highest BCUT2D eigenvalue weighted by Gasteiger charge is 2.76. The van der Waals surface area contributed by atoms with Crippen LogP contribution in [0.25, 0.3) is 0 Å². The van der Waals surface area contributed by atoms with Crippen LogP contribution in [0.4, 0.5) is 92.2 Å². The molecule has 0 radical (unpaired) electrons. The van der Waals surface area contributed by atoms with Crippen LogP contribution in [0.1, 0.15) is 327 Å². The number of rotatable bonds is 14. The molecule has 0 N–H and O–H groups in total. The van der Waals surface area contributed by atoms with Gasteiger partial charge in [0, 0.05) is 0 Å². The molecule has 25 unspecified atom stereocenters. The number of ether oxygens (including phenoxy) is 7. The number of hydrogen-bond acceptors (Lipinski definition) is 12.